The molecule has 0 atom stereocenters. The number of ketones is 1. The third kappa shape index (κ3) is 1.93. The normalized spacial score (nSPS) is 10.4. The topological polar surface area (TPSA) is 34.9 Å². The van der Waals surface area contributed by atoms with E-state index in [0.29, 0.717) is 11.3 Å². The number of aromatic nitrogens is 2. The quantitative estimate of drug-likeness (QED) is 0.792. The lowest BCUT2D eigenvalue weighted by atomic mass is 10.0. The van der Waals surface area contributed by atoms with E-state index in [1.165, 1.54) is 0 Å². The minimum atomic E-state index is 0.00463. The number of hydrogen-bond acceptors (Lipinski definition) is 2. The van der Waals surface area contributed by atoms with Crippen LogP contribution in [-0.2, 0) is 7.05 Å². The number of halogens is 1. The van der Waals surface area contributed by atoms with E-state index in [4.69, 9.17) is 0 Å². The van der Waals surface area contributed by atoms with Crippen LogP contribution in [0.5, 0.6) is 0 Å². The summed E-state index contributed by atoms with van der Waals surface area (Å²) in [7, 11) is 1.77. The molecule has 2 rings (SSSR count). The molecule has 4 heteroatoms. The molecule has 0 aliphatic heterocycles. The van der Waals surface area contributed by atoms with Crippen LogP contribution >= 0.6 is 15.9 Å². The summed E-state index contributed by atoms with van der Waals surface area (Å²) in [4.78, 5) is 12.2. The molecule has 3 nitrogen and oxygen atoms in total. The monoisotopic (exact) mass is 278 g/mol. The van der Waals surface area contributed by atoms with Crippen LogP contribution in [0.15, 0.2) is 34.9 Å². The van der Waals surface area contributed by atoms with Crippen LogP contribution in [0.3, 0.4) is 0 Å². The fourth-order valence-corrected chi connectivity index (χ4v) is 2.09. The maximum Gasteiger partial charge on any atom is 0.211 e. The number of carbonyl (C=O) groups excluding carboxylic acids is 1. The van der Waals surface area contributed by atoms with Crippen LogP contribution in [-0.4, -0.2) is 15.6 Å². The van der Waals surface area contributed by atoms with Gasteiger partial charge in [0.2, 0.25) is 5.78 Å². The van der Waals surface area contributed by atoms with Crippen molar-refractivity contribution in [2.24, 2.45) is 7.05 Å². The van der Waals surface area contributed by atoms with Gasteiger partial charge in [-0.1, -0.05) is 15.9 Å². The molecule has 0 amide bonds. The van der Waals surface area contributed by atoms with Crippen LogP contribution in [0.1, 0.15) is 21.6 Å². The first kappa shape index (κ1) is 11.1. The van der Waals surface area contributed by atoms with Crippen LogP contribution in [0, 0.1) is 6.92 Å². The molecule has 0 fully saturated rings. The maximum absolute atomic E-state index is 12.2. The second-order valence-corrected chi connectivity index (χ2v) is 4.54. The third-order valence-electron chi connectivity index (χ3n) is 2.49. The van der Waals surface area contributed by atoms with E-state index >= 15 is 0 Å². The summed E-state index contributed by atoms with van der Waals surface area (Å²) in [6, 6.07) is 7.36. The van der Waals surface area contributed by atoms with Gasteiger partial charge < -0.3 is 0 Å². The van der Waals surface area contributed by atoms with Crippen molar-refractivity contribution in [2.45, 2.75) is 6.92 Å². The molecule has 1 aromatic heterocycles. The van der Waals surface area contributed by atoms with Gasteiger partial charge in [0, 0.05) is 23.3 Å². The number of hydrogen-bond donors (Lipinski definition) is 0. The number of benzene rings is 1. The van der Waals surface area contributed by atoms with E-state index in [2.05, 4.69) is 21.0 Å². The summed E-state index contributed by atoms with van der Waals surface area (Å²) in [6.07, 6.45) is 1.63. The van der Waals surface area contributed by atoms with Crippen molar-refractivity contribution >= 4 is 21.7 Å². The average molecular weight is 279 g/mol. The summed E-state index contributed by atoms with van der Waals surface area (Å²) in [5, 5.41) is 4.00. The number of rotatable bonds is 2. The number of nitrogens with zero attached hydrogens (tertiary/aromatic N) is 2. The van der Waals surface area contributed by atoms with Gasteiger partial charge in [0.1, 0.15) is 5.69 Å². The highest BCUT2D eigenvalue weighted by Gasteiger charge is 2.14. The van der Waals surface area contributed by atoms with Crippen molar-refractivity contribution in [2.75, 3.05) is 0 Å². The van der Waals surface area contributed by atoms with Crippen molar-refractivity contribution in [3.05, 3.63) is 51.8 Å². The Bertz CT molecular complexity index is 546. The van der Waals surface area contributed by atoms with Crippen molar-refractivity contribution in [1.82, 2.24) is 9.78 Å². The van der Waals surface area contributed by atoms with Crippen LogP contribution in [0.4, 0.5) is 0 Å². The molecule has 0 spiro atoms. The van der Waals surface area contributed by atoms with Gasteiger partial charge in [-0.2, -0.15) is 5.10 Å². The van der Waals surface area contributed by atoms with Crippen LogP contribution in [0.2, 0.25) is 0 Å². The van der Waals surface area contributed by atoms with Gasteiger partial charge in [-0.15, -0.1) is 0 Å². The lowest BCUT2D eigenvalue weighted by molar-refractivity contribution is 0.102. The minimum absolute atomic E-state index is 0.00463. The van der Waals surface area contributed by atoms with E-state index in [-0.39, 0.29) is 5.78 Å². The standard InChI is InChI=1S/C12H11BrN2O/c1-8-7-9(13)3-4-10(8)12(16)11-5-6-14-15(11)2/h3-7H,1-2H3. The van der Waals surface area contributed by atoms with E-state index in [1.54, 1.807) is 24.0 Å². The van der Waals surface area contributed by atoms with E-state index < -0.39 is 0 Å². The summed E-state index contributed by atoms with van der Waals surface area (Å²) >= 11 is 3.38. The maximum atomic E-state index is 12.2. The zero-order valence-corrected chi connectivity index (χ0v) is 10.7. The van der Waals surface area contributed by atoms with E-state index in [1.807, 2.05) is 25.1 Å². The SMILES string of the molecule is Cc1cc(Br)ccc1C(=O)c1ccnn1C. The van der Waals surface area contributed by atoms with Gasteiger partial charge in [-0.25, -0.2) is 0 Å². The summed E-state index contributed by atoms with van der Waals surface area (Å²) in [5.74, 6) is 0.00463. The highest BCUT2D eigenvalue weighted by Crippen LogP contribution is 2.18. The second-order valence-electron chi connectivity index (χ2n) is 3.63. The molecular weight excluding hydrogens is 268 g/mol. The molecule has 82 valence electrons. The molecule has 0 unspecified atom stereocenters. The molecule has 0 saturated heterocycles. The van der Waals surface area contributed by atoms with E-state index in [9.17, 15) is 4.79 Å². The van der Waals surface area contributed by atoms with Gasteiger partial charge >= 0.3 is 0 Å². The van der Waals surface area contributed by atoms with Crippen molar-refractivity contribution < 1.29 is 4.79 Å². The first-order valence-electron chi connectivity index (χ1n) is 4.88. The Hall–Kier alpha value is -1.42. The Labute approximate surface area is 102 Å². The Morgan fingerprint density at radius 2 is 2.12 bits per heavy atom. The molecule has 0 N–H and O–H groups in total. The lowest BCUT2D eigenvalue weighted by Crippen LogP contribution is -2.09. The first-order valence-corrected chi connectivity index (χ1v) is 5.68. The Morgan fingerprint density at radius 1 is 1.38 bits per heavy atom. The van der Waals surface area contributed by atoms with Gasteiger partial charge in [-0.05, 0) is 36.8 Å². The van der Waals surface area contributed by atoms with E-state index in [0.717, 1.165) is 10.0 Å². The molecule has 0 bridgehead atoms. The zero-order chi connectivity index (χ0) is 11.7. The Kier molecular flexibility index (Phi) is 2.92. The fraction of sp³-hybridized carbons (Fsp3) is 0.167. The van der Waals surface area contributed by atoms with Gasteiger partial charge in [0.25, 0.3) is 0 Å². The molecule has 0 saturated carbocycles. The predicted octanol–water partition coefficient (Wildman–Crippen LogP) is 2.72. The molecular formula is C12H11BrN2O. The molecule has 16 heavy (non-hydrogen) atoms. The summed E-state index contributed by atoms with van der Waals surface area (Å²) in [5.41, 5.74) is 2.28. The number of aryl methyl sites for hydroxylation is 2. The molecule has 0 radical (unpaired) electrons. The Morgan fingerprint density at radius 3 is 2.69 bits per heavy atom. The molecule has 0 aliphatic rings. The van der Waals surface area contributed by atoms with Gasteiger partial charge in [-0.3, -0.25) is 9.48 Å². The largest absolute Gasteiger partial charge is 0.287 e. The molecule has 2 aromatic rings. The second kappa shape index (κ2) is 4.22. The smallest absolute Gasteiger partial charge is 0.211 e. The number of carbonyl (C=O) groups is 1. The highest BCUT2D eigenvalue weighted by molar-refractivity contribution is 9.10. The minimum Gasteiger partial charge on any atom is -0.287 e. The van der Waals surface area contributed by atoms with Crippen LogP contribution < -0.4 is 0 Å². The van der Waals surface area contributed by atoms with Gasteiger partial charge in [0.15, 0.2) is 0 Å². The lowest BCUT2D eigenvalue weighted by Gasteiger charge is -2.05. The molecule has 0 aliphatic carbocycles. The summed E-state index contributed by atoms with van der Waals surface area (Å²) in [6.45, 7) is 1.92. The Balaban J connectivity index is 2.46. The fourth-order valence-electron chi connectivity index (χ4n) is 1.62. The third-order valence-corrected chi connectivity index (χ3v) is 2.98. The summed E-state index contributed by atoms with van der Waals surface area (Å²) < 4.78 is 2.57. The van der Waals surface area contributed by atoms with Crippen LogP contribution in [0.25, 0.3) is 0 Å². The van der Waals surface area contributed by atoms with Crippen molar-refractivity contribution in [3.63, 3.8) is 0 Å². The first-order chi connectivity index (χ1) is 7.59. The van der Waals surface area contributed by atoms with Crippen molar-refractivity contribution in [3.8, 4) is 0 Å². The highest BCUT2D eigenvalue weighted by atomic mass is 79.9. The predicted molar refractivity (Wildman–Crippen MR) is 65.5 cm³/mol. The molecule has 1 aromatic carbocycles. The average Bonchev–Trinajstić information content (AvgIpc) is 2.63. The molecule has 1 heterocycles. The zero-order valence-electron chi connectivity index (χ0n) is 9.07. The van der Waals surface area contributed by atoms with Crippen molar-refractivity contribution in [1.29, 1.82) is 0 Å². The van der Waals surface area contributed by atoms with Gasteiger partial charge in [0.05, 0.1) is 0 Å².